The average Bonchev–Trinajstić information content (AvgIpc) is 2.68. The van der Waals surface area contributed by atoms with Crippen molar-refractivity contribution in [3.8, 4) is 0 Å². The van der Waals surface area contributed by atoms with Crippen LogP contribution in [0.15, 0.2) is 60.7 Å². The van der Waals surface area contributed by atoms with E-state index in [0.717, 1.165) is 22.2 Å². The van der Waals surface area contributed by atoms with Gasteiger partial charge in [0.25, 0.3) is 0 Å². The highest BCUT2D eigenvalue weighted by molar-refractivity contribution is 5.29. The topological polar surface area (TPSA) is 29.5 Å². The summed E-state index contributed by atoms with van der Waals surface area (Å²) in [4.78, 5) is 0. The lowest BCUT2D eigenvalue weighted by atomic mass is 9.93. The van der Waals surface area contributed by atoms with Gasteiger partial charge in [-0.05, 0) is 44.2 Å². The van der Waals surface area contributed by atoms with Crippen molar-refractivity contribution in [1.29, 1.82) is 0 Å². The molecule has 0 aromatic heterocycles. The molecule has 0 aliphatic carbocycles. The molecule has 0 amide bonds. The Kier molecular flexibility index (Phi) is 8.51. The molecule has 0 bridgehead atoms. The summed E-state index contributed by atoms with van der Waals surface area (Å²) in [6.45, 7) is 5.74. The van der Waals surface area contributed by atoms with Crippen LogP contribution in [0, 0.1) is 0 Å². The number of hydrogen-bond acceptors (Lipinski definition) is 2. The van der Waals surface area contributed by atoms with Gasteiger partial charge < -0.3 is 26.7 Å². The van der Waals surface area contributed by atoms with E-state index in [-0.39, 0.29) is 18.5 Å². The van der Waals surface area contributed by atoms with E-state index in [1.54, 1.807) is 0 Å². The Bertz CT molecular complexity index is 645. The van der Waals surface area contributed by atoms with Crippen LogP contribution in [-0.2, 0) is 4.74 Å². The molecule has 1 heterocycles. The zero-order chi connectivity index (χ0) is 19.3. The van der Waals surface area contributed by atoms with Crippen molar-refractivity contribution in [2.45, 2.75) is 57.4 Å². The number of aliphatic hydroxyl groups excluding tert-OH is 1. The Morgan fingerprint density at radius 2 is 1.39 bits per heavy atom. The van der Waals surface area contributed by atoms with Gasteiger partial charge in [0.2, 0.25) is 0 Å². The molecule has 3 atom stereocenters. The van der Waals surface area contributed by atoms with Crippen LogP contribution in [-0.4, -0.2) is 48.0 Å². The second-order valence-corrected chi connectivity index (χ2v) is 8.35. The average molecular weight is 404 g/mol. The first-order chi connectivity index (χ1) is 13.0. The standard InChI is InChI=1S/C24H34NO2.ClH/c1-19-11-10-12-20(2)25(19,3)17-23(26)18-27-24(21-13-6-4-7-14-21)22-15-8-5-9-16-22;/h4-9,13-16,19-20,23-24,26H,10-12,17-18H2,1-3H3;1H/q+1;/p-1. The molecule has 1 aliphatic rings. The minimum Gasteiger partial charge on any atom is -1.00 e. The monoisotopic (exact) mass is 403 g/mol. The Hall–Kier alpha value is -1.39. The van der Waals surface area contributed by atoms with E-state index in [2.05, 4.69) is 45.2 Å². The van der Waals surface area contributed by atoms with Gasteiger partial charge in [-0.2, -0.15) is 0 Å². The Morgan fingerprint density at radius 1 is 0.929 bits per heavy atom. The van der Waals surface area contributed by atoms with Crippen LogP contribution < -0.4 is 12.4 Å². The van der Waals surface area contributed by atoms with E-state index < -0.39 is 6.10 Å². The lowest BCUT2D eigenvalue weighted by Crippen LogP contribution is -3.00. The van der Waals surface area contributed by atoms with Crippen LogP contribution in [0.2, 0.25) is 0 Å². The number of likely N-dealkylation sites (tertiary alicyclic amines) is 1. The van der Waals surface area contributed by atoms with Crippen molar-refractivity contribution in [2.75, 3.05) is 20.2 Å². The molecule has 3 unspecified atom stereocenters. The van der Waals surface area contributed by atoms with Gasteiger partial charge in [-0.1, -0.05) is 60.7 Å². The molecular formula is C24H34ClNO2. The molecule has 3 nitrogen and oxygen atoms in total. The molecule has 0 spiro atoms. The smallest absolute Gasteiger partial charge is 0.126 e. The molecule has 1 saturated heterocycles. The summed E-state index contributed by atoms with van der Waals surface area (Å²) >= 11 is 0. The lowest BCUT2D eigenvalue weighted by molar-refractivity contribution is -0.960. The van der Waals surface area contributed by atoms with E-state index >= 15 is 0 Å². The molecule has 1 aliphatic heterocycles. The van der Waals surface area contributed by atoms with Crippen LogP contribution in [0.5, 0.6) is 0 Å². The Morgan fingerprint density at radius 3 is 1.86 bits per heavy atom. The van der Waals surface area contributed by atoms with E-state index in [4.69, 9.17) is 4.74 Å². The predicted molar refractivity (Wildman–Crippen MR) is 111 cm³/mol. The number of piperidine rings is 1. The molecular weight excluding hydrogens is 370 g/mol. The summed E-state index contributed by atoms with van der Waals surface area (Å²) in [6, 6.07) is 21.7. The Labute approximate surface area is 176 Å². The lowest BCUT2D eigenvalue weighted by Gasteiger charge is -2.49. The van der Waals surface area contributed by atoms with Crippen LogP contribution in [0.3, 0.4) is 0 Å². The van der Waals surface area contributed by atoms with Crippen molar-refractivity contribution in [1.82, 2.24) is 0 Å². The number of ether oxygens (including phenoxy) is 1. The summed E-state index contributed by atoms with van der Waals surface area (Å²) in [6.07, 6.45) is 3.17. The van der Waals surface area contributed by atoms with Crippen LogP contribution in [0.4, 0.5) is 0 Å². The van der Waals surface area contributed by atoms with Crippen molar-refractivity contribution in [3.05, 3.63) is 71.8 Å². The zero-order valence-electron chi connectivity index (χ0n) is 17.3. The van der Waals surface area contributed by atoms with Gasteiger partial charge in [-0.3, -0.25) is 0 Å². The van der Waals surface area contributed by atoms with Crippen LogP contribution in [0.1, 0.15) is 50.3 Å². The molecule has 4 heteroatoms. The van der Waals surface area contributed by atoms with Crippen molar-refractivity contribution in [2.24, 2.45) is 0 Å². The maximum Gasteiger partial charge on any atom is 0.126 e. The fourth-order valence-corrected chi connectivity index (χ4v) is 4.45. The van der Waals surface area contributed by atoms with Gasteiger partial charge in [0, 0.05) is 0 Å². The number of nitrogens with zero attached hydrogens (tertiary/aromatic N) is 1. The normalized spacial score (nSPS) is 25.9. The fourth-order valence-electron chi connectivity index (χ4n) is 4.45. The quantitative estimate of drug-likeness (QED) is 0.711. The van der Waals surface area contributed by atoms with Gasteiger partial charge in [-0.15, -0.1) is 0 Å². The minimum absolute atomic E-state index is 0. The van der Waals surface area contributed by atoms with E-state index in [9.17, 15) is 5.11 Å². The van der Waals surface area contributed by atoms with Gasteiger partial charge in [0.05, 0.1) is 25.7 Å². The molecule has 1 N–H and O–H groups in total. The minimum atomic E-state index is -0.465. The summed E-state index contributed by atoms with van der Waals surface area (Å²) in [5.41, 5.74) is 2.24. The predicted octanol–water partition coefficient (Wildman–Crippen LogP) is 1.56. The first-order valence-electron chi connectivity index (χ1n) is 10.2. The maximum atomic E-state index is 10.8. The van der Waals surface area contributed by atoms with Crippen LogP contribution in [0.25, 0.3) is 0 Å². The third-order valence-electron chi connectivity index (χ3n) is 6.52. The number of hydrogen-bond donors (Lipinski definition) is 1. The van der Waals surface area contributed by atoms with Crippen LogP contribution >= 0.6 is 0 Å². The molecule has 1 fully saturated rings. The zero-order valence-corrected chi connectivity index (χ0v) is 18.1. The summed E-state index contributed by atoms with van der Waals surface area (Å²) in [5, 5.41) is 10.8. The summed E-state index contributed by atoms with van der Waals surface area (Å²) in [7, 11) is 2.30. The SMILES string of the molecule is CC1CCCC(C)[N+]1(C)CC(O)COC(c1ccccc1)c1ccccc1.[Cl-]. The number of quaternary nitrogens is 1. The van der Waals surface area contributed by atoms with E-state index in [1.165, 1.54) is 19.3 Å². The van der Waals surface area contributed by atoms with Gasteiger partial charge >= 0.3 is 0 Å². The molecule has 28 heavy (non-hydrogen) atoms. The van der Waals surface area contributed by atoms with Gasteiger partial charge in [0.15, 0.2) is 0 Å². The number of likely N-dealkylation sites (N-methyl/N-ethyl adjacent to an activating group) is 1. The summed E-state index contributed by atoms with van der Waals surface area (Å²) < 4.78 is 7.21. The van der Waals surface area contributed by atoms with Crippen molar-refractivity contribution in [3.63, 3.8) is 0 Å². The number of aliphatic hydroxyl groups is 1. The highest BCUT2D eigenvalue weighted by atomic mass is 35.5. The first-order valence-corrected chi connectivity index (χ1v) is 10.2. The fraction of sp³-hybridized carbons (Fsp3) is 0.500. The highest BCUT2D eigenvalue weighted by Gasteiger charge is 2.39. The van der Waals surface area contributed by atoms with Crippen molar-refractivity contribution < 1.29 is 26.7 Å². The highest BCUT2D eigenvalue weighted by Crippen LogP contribution is 2.30. The largest absolute Gasteiger partial charge is 1.00 e. The number of benzene rings is 2. The van der Waals surface area contributed by atoms with E-state index in [0.29, 0.717) is 18.7 Å². The number of rotatable bonds is 7. The second-order valence-electron chi connectivity index (χ2n) is 8.35. The molecule has 2 aromatic rings. The third-order valence-corrected chi connectivity index (χ3v) is 6.52. The summed E-state index contributed by atoms with van der Waals surface area (Å²) in [5.74, 6) is 0. The number of halogens is 1. The molecule has 0 saturated carbocycles. The third kappa shape index (κ3) is 5.36. The first kappa shape index (κ1) is 22.9. The molecule has 0 radical (unpaired) electrons. The van der Waals surface area contributed by atoms with E-state index in [1.807, 2.05) is 36.4 Å². The molecule has 154 valence electrons. The maximum absolute atomic E-state index is 10.8. The van der Waals surface area contributed by atoms with Gasteiger partial charge in [-0.25, -0.2) is 0 Å². The van der Waals surface area contributed by atoms with Gasteiger partial charge in [0.1, 0.15) is 18.8 Å². The Balaban J connectivity index is 0.00000280. The molecule has 2 aromatic carbocycles. The van der Waals surface area contributed by atoms with Crippen molar-refractivity contribution >= 4 is 0 Å². The second kappa shape index (κ2) is 10.4. The molecule has 3 rings (SSSR count).